The summed E-state index contributed by atoms with van der Waals surface area (Å²) in [5.74, 6) is 0.353. The van der Waals surface area contributed by atoms with Crippen molar-refractivity contribution in [3.63, 3.8) is 0 Å². The molecule has 3 aromatic rings. The lowest BCUT2D eigenvalue weighted by Crippen LogP contribution is -2.15. The minimum absolute atomic E-state index is 0.252. The molecule has 2 aromatic heterocycles. The van der Waals surface area contributed by atoms with Crippen LogP contribution in [0.5, 0.6) is 0 Å². The van der Waals surface area contributed by atoms with Crippen molar-refractivity contribution in [1.29, 1.82) is 0 Å². The van der Waals surface area contributed by atoms with Gasteiger partial charge in [0.15, 0.2) is 0 Å². The predicted molar refractivity (Wildman–Crippen MR) is 80.6 cm³/mol. The number of carbonyl (C=O) groups excluding carboxylic acids is 1. The van der Waals surface area contributed by atoms with Crippen molar-refractivity contribution in [2.24, 2.45) is 0 Å². The first-order valence-electron chi connectivity index (χ1n) is 6.07. The van der Waals surface area contributed by atoms with E-state index in [1.54, 1.807) is 16.9 Å². The van der Waals surface area contributed by atoms with E-state index >= 15 is 0 Å². The molecule has 0 unspecified atom stereocenters. The summed E-state index contributed by atoms with van der Waals surface area (Å²) in [6.07, 6.45) is 3.06. The Hall–Kier alpha value is -2.25. The molecule has 0 radical (unpaired) electrons. The Labute approximate surface area is 129 Å². The first-order valence-corrected chi connectivity index (χ1v) is 7.22. The number of nitrogens with zero attached hydrogens (tertiary/aromatic N) is 4. The van der Waals surface area contributed by atoms with Gasteiger partial charge >= 0.3 is 0 Å². The van der Waals surface area contributed by atoms with Gasteiger partial charge in [-0.2, -0.15) is 5.10 Å². The van der Waals surface area contributed by atoms with Crippen LogP contribution in [0.1, 0.15) is 15.2 Å². The average molecular weight is 320 g/mol. The lowest BCUT2D eigenvalue weighted by atomic mass is 10.2. The molecular formula is C13H10ClN5OS. The topological polar surface area (TPSA) is 72.7 Å². The normalized spacial score (nSPS) is 10.5. The van der Waals surface area contributed by atoms with E-state index in [2.05, 4.69) is 20.0 Å². The van der Waals surface area contributed by atoms with E-state index in [0.717, 1.165) is 17.1 Å². The third kappa shape index (κ3) is 3.26. The average Bonchev–Trinajstić information content (AvgIpc) is 3.11. The summed E-state index contributed by atoms with van der Waals surface area (Å²) in [5.41, 5.74) is 1.00. The minimum Gasteiger partial charge on any atom is -0.306 e. The molecule has 0 spiro atoms. The van der Waals surface area contributed by atoms with Crippen LogP contribution in [0.3, 0.4) is 0 Å². The summed E-state index contributed by atoms with van der Waals surface area (Å²) in [5, 5.41) is 11.3. The number of anilines is 1. The molecule has 2 heterocycles. The van der Waals surface area contributed by atoms with Crippen LogP contribution in [-0.4, -0.2) is 25.3 Å². The zero-order valence-corrected chi connectivity index (χ0v) is 12.3. The molecule has 0 saturated carbocycles. The maximum absolute atomic E-state index is 12.0. The number of aromatic nitrogens is 4. The summed E-state index contributed by atoms with van der Waals surface area (Å²) in [6, 6.07) is 9.24. The van der Waals surface area contributed by atoms with E-state index in [1.807, 2.05) is 24.3 Å². The van der Waals surface area contributed by atoms with Gasteiger partial charge in [-0.25, -0.2) is 4.68 Å². The van der Waals surface area contributed by atoms with Crippen molar-refractivity contribution >= 4 is 34.9 Å². The molecule has 0 saturated heterocycles. The fraction of sp³-hybridized carbons (Fsp3) is 0.0769. The monoisotopic (exact) mass is 319 g/mol. The molecule has 0 aliphatic rings. The van der Waals surface area contributed by atoms with Gasteiger partial charge in [0.2, 0.25) is 0 Å². The quantitative estimate of drug-likeness (QED) is 0.802. The molecule has 1 N–H and O–H groups in total. The third-order valence-electron chi connectivity index (χ3n) is 2.76. The zero-order chi connectivity index (χ0) is 14.7. The van der Waals surface area contributed by atoms with Gasteiger partial charge in [-0.3, -0.25) is 4.79 Å². The highest BCUT2D eigenvalue weighted by Crippen LogP contribution is 2.15. The second kappa shape index (κ2) is 6.02. The van der Waals surface area contributed by atoms with Crippen molar-refractivity contribution in [2.45, 2.75) is 6.54 Å². The van der Waals surface area contributed by atoms with Crippen molar-refractivity contribution in [3.05, 3.63) is 58.2 Å². The van der Waals surface area contributed by atoms with Gasteiger partial charge in [0.25, 0.3) is 5.91 Å². The number of carbonyl (C=O) groups is 1. The van der Waals surface area contributed by atoms with E-state index in [1.165, 1.54) is 6.20 Å². The van der Waals surface area contributed by atoms with Crippen molar-refractivity contribution in [3.8, 4) is 0 Å². The van der Waals surface area contributed by atoms with Crippen LogP contribution in [0.15, 0.2) is 42.7 Å². The number of hydrogen-bond acceptors (Lipinski definition) is 5. The Kier molecular flexibility index (Phi) is 3.94. The molecule has 0 aliphatic heterocycles. The Bertz CT molecular complexity index is 756. The number of rotatable bonds is 4. The maximum Gasteiger partial charge on any atom is 0.270 e. The number of benzene rings is 1. The van der Waals surface area contributed by atoms with E-state index in [-0.39, 0.29) is 5.91 Å². The lowest BCUT2D eigenvalue weighted by Gasteiger charge is -2.08. The molecule has 0 fully saturated rings. The predicted octanol–water partition coefficient (Wildman–Crippen LogP) is 2.69. The molecule has 106 valence electrons. The zero-order valence-electron chi connectivity index (χ0n) is 10.7. The highest BCUT2D eigenvalue weighted by atomic mass is 35.5. The van der Waals surface area contributed by atoms with Crippen LogP contribution in [0.4, 0.5) is 5.82 Å². The van der Waals surface area contributed by atoms with Crippen LogP contribution < -0.4 is 5.32 Å². The van der Waals surface area contributed by atoms with Gasteiger partial charge in [-0.1, -0.05) is 28.2 Å². The van der Waals surface area contributed by atoms with E-state index in [4.69, 9.17) is 11.6 Å². The molecule has 6 nitrogen and oxygen atoms in total. The van der Waals surface area contributed by atoms with Crippen molar-refractivity contribution in [2.75, 3.05) is 5.32 Å². The molecule has 0 bridgehead atoms. The van der Waals surface area contributed by atoms with E-state index in [9.17, 15) is 4.79 Å². The van der Waals surface area contributed by atoms with Crippen molar-refractivity contribution in [1.82, 2.24) is 19.4 Å². The first kappa shape index (κ1) is 13.7. The molecular weight excluding hydrogens is 310 g/mol. The van der Waals surface area contributed by atoms with Gasteiger partial charge < -0.3 is 5.32 Å². The number of nitrogens with one attached hydrogen (secondary N) is 1. The first-order chi connectivity index (χ1) is 10.2. The second-order valence-corrected chi connectivity index (χ2v) is 5.46. The van der Waals surface area contributed by atoms with Gasteiger partial charge in [0.05, 0.1) is 18.9 Å². The van der Waals surface area contributed by atoms with Crippen LogP contribution in [0, 0.1) is 0 Å². The molecule has 21 heavy (non-hydrogen) atoms. The van der Waals surface area contributed by atoms with Crippen LogP contribution >= 0.6 is 23.1 Å². The van der Waals surface area contributed by atoms with Crippen molar-refractivity contribution < 1.29 is 4.79 Å². The molecule has 8 heteroatoms. The number of hydrogen-bond donors (Lipinski definition) is 1. The Morgan fingerprint density at radius 2 is 2.29 bits per heavy atom. The largest absolute Gasteiger partial charge is 0.306 e. The summed E-state index contributed by atoms with van der Waals surface area (Å²) >= 11 is 7.01. The standard InChI is InChI=1S/C13H10ClN5OS/c14-10-3-1-2-9(6-10)8-19-12(4-5-16-19)17-13(20)11-7-15-18-21-11/h1-7H,8H2,(H,17,20). The minimum atomic E-state index is -0.252. The fourth-order valence-corrected chi connectivity index (χ4v) is 2.44. The Balaban J connectivity index is 1.76. The molecule has 0 aliphatic carbocycles. The molecule has 1 aromatic carbocycles. The van der Waals surface area contributed by atoms with E-state index in [0.29, 0.717) is 22.3 Å². The summed E-state index contributed by atoms with van der Waals surface area (Å²) in [7, 11) is 0. The molecule has 0 atom stereocenters. The van der Waals surface area contributed by atoms with Gasteiger partial charge in [0, 0.05) is 11.1 Å². The Morgan fingerprint density at radius 3 is 3.05 bits per heavy atom. The highest BCUT2D eigenvalue weighted by Gasteiger charge is 2.12. The second-order valence-electron chi connectivity index (χ2n) is 4.24. The smallest absolute Gasteiger partial charge is 0.270 e. The fourth-order valence-electron chi connectivity index (χ4n) is 1.82. The van der Waals surface area contributed by atoms with E-state index < -0.39 is 0 Å². The number of halogens is 1. The van der Waals surface area contributed by atoms with Gasteiger partial charge in [-0.15, -0.1) is 5.10 Å². The summed E-state index contributed by atoms with van der Waals surface area (Å²) < 4.78 is 5.36. The van der Waals surface area contributed by atoms with Gasteiger partial charge in [0.1, 0.15) is 10.7 Å². The SMILES string of the molecule is O=C(Nc1ccnn1Cc1cccc(Cl)c1)c1cnns1. The third-order valence-corrected chi connectivity index (χ3v) is 3.66. The van der Waals surface area contributed by atoms with Gasteiger partial charge in [-0.05, 0) is 29.2 Å². The number of amides is 1. The molecule has 1 amide bonds. The van der Waals surface area contributed by atoms with Crippen LogP contribution in [0.25, 0.3) is 0 Å². The van der Waals surface area contributed by atoms with Crippen LogP contribution in [0.2, 0.25) is 5.02 Å². The lowest BCUT2D eigenvalue weighted by molar-refractivity contribution is 0.102. The van der Waals surface area contributed by atoms with Crippen LogP contribution in [-0.2, 0) is 6.54 Å². The highest BCUT2D eigenvalue weighted by molar-refractivity contribution is 7.07. The summed E-state index contributed by atoms with van der Waals surface area (Å²) in [6.45, 7) is 0.518. The Morgan fingerprint density at radius 1 is 1.38 bits per heavy atom. The molecule has 3 rings (SSSR count). The maximum atomic E-state index is 12.0. The summed E-state index contributed by atoms with van der Waals surface area (Å²) in [4.78, 5) is 12.4.